The van der Waals surface area contributed by atoms with Crippen LogP contribution in [0.4, 0.5) is 0 Å². The number of rotatable bonds is 7. The van der Waals surface area contributed by atoms with Gasteiger partial charge in [-0.1, -0.05) is 42.0 Å². The van der Waals surface area contributed by atoms with Crippen LogP contribution in [0.25, 0.3) is 16.3 Å². The molecule has 0 aromatic heterocycles. The molecule has 0 heterocycles. The molecule has 1 aliphatic rings. The molecular formula is C29H33NO3. The van der Waals surface area contributed by atoms with Crippen molar-refractivity contribution in [3.63, 3.8) is 0 Å². The third-order valence-corrected chi connectivity index (χ3v) is 6.42. The van der Waals surface area contributed by atoms with E-state index >= 15 is 0 Å². The molecule has 4 heteroatoms. The maximum atomic E-state index is 13.0. The lowest BCUT2D eigenvalue weighted by Crippen LogP contribution is -2.18. The fourth-order valence-corrected chi connectivity index (χ4v) is 4.60. The molecule has 0 radical (unpaired) electrons. The zero-order valence-corrected chi connectivity index (χ0v) is 20.1. The SMILES string of the molecule is COc1ccc2cc(C(C)C(=O)Oc3cccc(C4=C(CN(C)C)CCCC4)c3)ccc2c1. The van der Waals surface area contributed by atoms with E-state index in [0.717, 1.165) is 41.5 Å². The fourth-order valence-electron chi connectivity index (χ4n) is 4.60. The van der Waals surface area contributed by atoms with E-state index in [4.69, 9.17) is 9.47 Å². The van der Waals surface area contributed by atoms with Crippen molar-refractivity contribution in [1.29, 1.82) is 0 Å². The maximum absolute atomic E-state index is 13.0. The number of esters is 1. The molecule has 0 aliphatic heterocycles. The number of methoxy groups -OCH3 is 1. The van der Waals surface area contributed by atoms with Crippen molar-refractivity contribution in [1.82, 2.24) is 4.90 Å². The van der Waals surface area contributed by atoms with Gasteiger partial charge < -0.3 is 14.4 Å². The number of benzene rings is 3. The van der Waals surface area contributed by atoms with Gasteiger partial charge in [0.2, 0.25) is 0 Å². The third kappa shape index (κ3) is 5.45. The van der Waals surface area contributed by atoms with E-state index in [0.29, 0.717) is 5.75 Å². The Morgan fingerprint density at radius 1 is 0.939 bits per heavy atom. The van der Waals surface area contributed by atoms with E-state index in [1.807, 2.05) is 55.5 Å². The Labute approximate surface area is 196 Å². The van der Waals surface area contributed by atoms with Crippen LogP contribution >= 0.6 is 0 Å². The highest BCUT2D eigenvalue weighted by Gasteiger charge is 2.20. The number of hydrogen-bond acceptors (Lipinski definition) is 4. The molecule has 4 rings (SSSR count). The summed E-state index contributed by atoms with van der Waals surface area (Å²) in [5.41, 5.74) is 5.02. The molecule has 0 fully saturated rings. The summed E-state index contributed by atoms with van der Waals surface area (Å²) >= 11 is 0. The summed E-state index contributed by atoms with van der Waals surface area (Å²) in [5, 5.41) is 2.16. The highest BCUT2D eigenvalue weighted by molar-refractivity contribution is 5.87. The number of carbonyl (C=O) groups is 1. The molecule has 1 unspecified atom stereocenters. The van der Waals surface area contributed by atoms with E-state index in [1.54, 1.807) is 7.11 Å². The lowest BCUT2D eigenvalue weighted by Gasteiger charge is -2.23. The first-order valence-electron chi connectivity index (χ1n) is 11.7. The van der Waals surface area contributed by atoms with E-state index < -0.39 is 0 Å². The number of nitrogens with zero attached hydrogens (tertiary/aromatic N) is 1. The van der Waals surface area contributed by atoms with Crippen LogP contribution < -0.4 is 9.47 Å². The van der Waals surface area contributed by atoms with Crippen molar-refractivity contribution in [2.24, 2.45) is 0 Å². The van der Waals surface area contributed by atoms with Gasteiger partial charge in [-0.2, -0.15) is 0 Å². The van der Waals surface area contributed by atoms with Gasteiger partial charge in [-0.05, 0) is 98.4 Å². The number of carbonyl (C=O) groups excluding carboxylic acids is 1. The number of ether oxygens (including phenoxy) is 2. The second kappa shape index (κ2) is 10.2. The second-order valence-electron chi connectivity index (χ2n) is 9.17. The Bertz CT molecular complexity index is 1180. The van der Waals surface area contributed by atoms with Crippen LogP contribution in [-0.2, 0) is 4.79 Å². The van der Waals surface area contributed by atoms with Crippen molar-refractivity contribution >= 4 is 22.3 Å². The molecule has 3 aromatic carbocycles. The fraction of sp³-hybridized carbons (Fsp3) is 0.345. The standard InChI is InChI=1S/C29H33NO3/c1-20(21-12-13-23-17-26(32-4)15-14-22(23)16-21)29(31)33-27-10-7-9-24(18-27)28-11-6-5-8-25(28)19-30(2)3/h7,9-10,12-18,20H,5-6,8,11,19H2,1-4H3. The molecule has 172 valence electrons. The number of allylic oxidation sites excluding steroid dienone is 1. The normalized spacial score (nSPS) is 15.1. The van der Waals surface area contributed by atoms with Gasteiger partial charge in [0.05, 0.1) is 13.0 Å². The summed E-state index contributed by atoms with van der Waals surface area (Å²) in [6, 6.07) is 20.0. The average Bonchev–Trinajstić information content (AvgIpc) is 2.83. The molecule has 0 bridgehead atoms. The van der Waals surface area contributed by atoms with Crippen LogP contribution in [0.15, 0.2) is 66.2 Å². The number of likely N-dealkylation sites (N-methyl/N-ethyl adjacent to an activating group) is 1. The molecular weight excluding hydrogens is 410 g/mol. The zero-order chi connectivity index (χ0) is 23.4. The van der Waals surface area contributed by atoms with E-state index in [2.05, 4.69) is 31.1 Å². The predicted octanol–water partition coefficient (Wildman–Crippen LogP) is 6.45. The topological polar surface area (TPSA) is 38.8 Å². The van der Waals surface area contributed by atoms with Crippen LogP contribution in [0, 0.1) is 0 Å². The maximum Gasteiger partial charge on any atom is 0.318 e. The number of fused-ring (bicyclic) bond motifs is 1. The largest absolute Gasteiger partial charge is 0.497 e. The molecule has 0 N–H and O–H groups in total. The van der Waals surface area contributed by atoms with Gasteiger partial charge in [-0.15, -0.1) is 0 Å². The highest BCUT2D eigenvalue weighted by Crippen LogP contribution is 2.34. The van der Waals surface area contributed by atoms with Gasteiger partial charge in [-0.3, -0.25) is 4.79 Å². The lowest BCUT2D eigenvalue weighted by molar-refractivity contribution is -0.135. The van der Waals surface area contributed by atoms with Crippen LogP contribution in [0.1, 0.15) is 49.7 Å². The van der Waals surface area contributed by atoms with Gasteiger partial charge in [0.15, 0.2) is 0 Å². The Morgan fingerprint density at radius 3 is 2.48 bits per heavy atom. The minimum Gasteiger partial charge on any atom is -0.497 e. The molecule has 0 spiro atoms. The molecule has 0 saturated carbocycles. The van der Waals surface area contributed by atoms with Crippen molar-refractivity contribution in [3.8, 4) is 11.5 Å². The van der Waals surface area contributed by atoms with Crippen molar-refractivity contribution in [2.75, 3.05) is 27.7 Å². The summed E-state index contributed by atoms with van der Waals surface area (Å²) in [6.07, 6.45) is 4.68. The van der Waals surface area contributed by atoms with Crippen molar-refractivity contribution in [3.05, 3.63) is 77.4 Å². The Hall–Kier alpha value is -3.11. The summed E-state index contributed by atoms with van der Waals surface area (Å²) in [5.74, 6) is 0.825. The lowest BCUT2D eigenvalue weighted by atomic mass is 9.87. The summed E-state index contributed by atoms with van der Waals surface area (Å²) in [6.45, 7) is 2.87. The monoisotopic (exact) mass is 443 g/mol. The molecule has 4 nitrogen and oxygen atoms in total. The molecule has 0 saturated heterocycles. The van der Waals surface area contributed by atoms with Crippen LogP contribution in [0.2, 0.25) is 0 Å². The Balaban J connectivity index is 1.53. The first-order chi connectivity index (χ1) is 15.9. The Kier molecular flexibility index (Phi) is 7.14. The Morgan fingerprint density at radius 2 is 1.70 bits per heavy atom. The quantitative estimate of drug-likeness (QED) is 0.311. The predicted molar refractivity (Wildman–Crippen MR) is 135 cm³/mol. The highest BCUT2D eigenvalue weighted by atomic mass is 16.5. The van der Waals surface area contributed by atoms with Crippen LogP contribution in [0.3, 0.4) is 0 Å². The third-order valence-electron chi connectivity index (χ3n) is 6.42. The first kappa shape index (κ1) is 23.1. The van der Waals surface area contributed by atoms with E-state index in [9.17, 15) is 4.79 Å². The number of hydrogen-bond donors (Lipinski definition) is 0. The van der Waals surface area contributed by atoms with Gasteiger partial charge in [0.1, 0.15) is 11.5 Å². The minimum absolute atomic E-state index is 0.244. The van der Waals surface area contributed by atoms with Gasteiger partial charge >= 0.3 is 5.97 Å². The van der Waals surface area contributed by atoms with Gasteiger partial charge in [-0.25, -0.2) is 0 Å². The molecule has 33 heavy (non-hydrogen) atoms. The molecule has 1 aliphatic carbocycles. The van der Waals surface area contributed by atoms with Crippen molar-refractivity contribution < 1.29 is 14.3 Å². The van der Waals surface area contributed by atoms with E-state index in [1.165, 1.54) is 29.6 Å². The van der Waals surface area contributed by atoms with Gasteiger partial charge in [0, 0.05) is 6.54 Å². The molecule has 3 aromatic rings. The van der Waals surface area contributed by atoms with E-state index in [-0.39, 0.29) is 11.9 Å². The second-order valence-corrected chi connectivity index (χ2v) is 9.17. The van der Waals surface area contributed by atoms with Crippen LogP contribution in [0.5, 0.6) is 11.5 Å². The smallest absolute Gasteiger partial charge is 0.318 e. The summed E-state index contributed by atoms with van der Waals surface area (Å²) in [7, 11) is 5.89. The first-order valence-corrected chi connectivity index (χ1v) is 11.7. The molecule has 1 atom stereocenters. The van der Waals surface area contributed by atoms with Crippen LogP contribution in [-0.4, -0.2) is 38.6 Å². The zero-order valence-electron chi connectivity index (χ0n) is 20.1. The minimum atomic E-state index is -0.363. The summed E-state index contributed by atoms with van der Waals surface area (Å²) < 4.78 is 11.1. The molecule has 0 amide bonds. The van der Waals surface area contributed by atoms with Crippen molar-refractivity contribution in [2.45, 2.75) is 38.5 Å². The average molecular weight is 444 g/mol. The van der Waals surface area contributed by atoms with Gasteiger partial charge in [0.25, 0.3) is 0 Å². The summed E-state index contributed by atoms with van der Waals surface area (Å²) in [4.78, 5) is 15.2.